The molecule has 7 heteroatoms. The minimum Gasteiger partial charge on any atom is -0.490 e. The average Bonchev–Trinajstić information content (AvgIpc) is 3.23. The van der Waals surface area contributed by atoms with E-state index in [1.807, 2.05) is 34.5 Å². The molecule has 1 saturated heterocycles. The van der Waals surface area contributed by atoms with E-state index in [0.29, 0.717) is 31.1 Å². The molecule has 1 aromatic carbocycles. The van der Waals surface area contributed by atoms with E-state index in [1.54, 1.807) is 12.4 Å². The highest BCUT2D eigenvalue weighted by molar-refractivity contribution is 7.13. The van der Waals surface area contributed by atoms with E-state index >= 15 is 0 Å². The molecule has 6 nitrogen and oxygen atoms in total. The molecule has 1 unspecified atom stereocenters. The van der Waals surface area contributed by atoms with Crippen LogP contribution in [0.2, 0.25) is 0 Å². The molecule has 0 spiro atoms. The lowest BCUT2D eigenvalue weighted by molar-refractivity contribution is 0.0554. The molecule has 2 aromatic heterocycles. The second kappa shape index (κ2) is 8.50. The molecule has 0 aliphatic carbocycles. The third-order valence-electron chi connectivity index (χ3n) is 4.71. The molecule has 3 heterocycles. The van der Waals surface area contributed by atoms with Crippen molar-refractivity contribution in [3.8, 4) is 16.3 Å². The van der Waals surface area contributed by atoms with E-state index in [9.17, 15) is 4.79 Å². The van der Waals surface area contributed by atoms with Gasteiger partial charge in [-0.05, 0) is 19.1 Å². The van der Waals surface area contributed by atoms with Gasteiger partial charge in [-0.3, -0.25) is 9.78 Å². The first kappa shape index (κ1) is 18.6. The fourth-order valence-electron chi connectivity index (χ4n) is 3.15. The van der Waals surface area contributed by atoms with Gasteiger partial charge in [-0.1, -0.05) is 29.8 Å². The Hall–Kier alpha value is -2.77. The van der Waals surface area contributed by atoms with Crippen LogP contribution >= 0.6 is 11.3 Å². The summed E-state index contributed by atoms with van der Waals surface area (Å²) >= 11 is 1.50. The highest BCUT2D eigenvalue weighted by Gasteiger charge is 2.29. The minimum absolute atomic E-state index is 0.0455. The molecule has 3 aromatic rings. The number of carbonyl (C=O) groups excluding carboxylic acids is 1. The lowest BCUT2D eigenvalue weighted by Crippen LogP contribution is -2.56. The van der Waals surface area contributed by atoms with Crippen LogP contribution in [0.25, 0.3) is 10.6 Å². The summed E-state index contributed by atoms with van der Waals surface area (Å²) in [7, 11) is 0. The molecule has 0 bridgehead atoms. The van der Waals surface area contributed by atoms with Crippen molar-refractivity contribution >= 4 is 17.2 Å². The number of benzene rings is 1. The standard InChI is InChI=1S/C21H22N4O2S/c1-15-4-6-16(7-5-15)20-24-19(14-28-20)21(26)25-10-9-23-11-17(25)13-27-18-3-2-8-22-12-18/h2-8,12,14,17,23H,9-11,13H2,1H3. The Morgan fingerprint density at radius 3 is 2.96 bits per heavy atom. The Morgan fingerprint density at radius 2 is 2.18 bits per heavy atom. The largest absolute Gasteiger partial charge is 0.490 e. The van der Waals surface area contributed by atoms with E-state index in [1.165, 1.54) is 16.9 Å². The van der Waals surface area contributed by atoms with E-state index in [4.69, 9.17) is 4.74 Å². The maximum atomic E-state index is 13.1. The summed E-state index contributed by atoms with van der Waals surface area (Å²) in [5.41, 5.74) is 2.73. The van der Waals surface area contributed by atoms with Gasteiger partial charge < -0.3 is 15.0 Å². The monoisotopic (exact) mass is 394 g/mol. The summed E-state index contributed by atoms with van der Waals surface area (Å²) < 4.78 is 5.83. The van der Waals surface area contributed by atoms with Crippen molar-refractivity contribution in [1.29, 1.82) is 0 Å². The van der Waals surface area contributed by atoms with Gasteiger partial charge in [-0.2, -0.15) is 0 Å². The van der Waals surface area contributed by atoms with Gasteiger partial charge in [-0.25, -0.2) is 4.98 Å². The number of thiazole rings is 1. The lowest BCUT2D eigenvalue weighted by Gasteiger charge is -2.35. The lowest BCUT2D eigenvalue weighted by atomic mass is 10.1. The number of rotatable bonds is 5. The highest BCUT2D eigenvalue weighted by atomic mass is 32.1. The van der Waals surface area contributed by atoms with Gasteiger partial charge in [-0.15, -0.1) is 11.3 Å². The molecular formula is C21H22N4O2S. The molecule has 0 radical (unpaired) electrons. The molecular weight excluding hydrogens is 372 g/mol. The number of piperazine rings is 1. The summed E-state index contributed by atoms with van der Waals surface area (Å²) in [4.78, 5) is 23.6. The molecule has 4 rings (SSSR count). The maximum absolute atomic E-state index is 13.1. The number of carbonyl (C=O) groups is 1. The zero-order valence-corrected chi connectivity index (χ0v) is 16.5. The summed E-state index contributed by atoms with van der Waals surface area (Å²) in [6.07, 6.45) is 3.38. The molecule has 1 aliphatic heterocycles. The Balaban J connectivity index is 1.46. The summed E-state index contributed by atoms with van der Waals surface area (Å²) in [6.45, 7) is 4.57. The van der Waals surface area contributed by atoms with Crippen LogP contribution in [0.15, 0.2) is 54.2 Å². The Labute approximate surface area is 168 Å². The van der Waals surface area contributed by atoms with Gasteiger partial charge in [0.2, 0.25) is 0 Å². The Kier molecular flexibility index (Phi) is 5.64. The van der Waals surface area contributed by atoms with E-state index in [2.05, 4.69) is 34.3 Å². The minimum atomic E-state index is -0.0500. The van der Waals surface area contributed by atoms with Gasteiger partial charge in [0.05, 0.1) is 12.2 Å². The molecule has 1 atom stereocenters. The van der Waals surface area contributed by atoms with Crippen LogP contribution in [0, 0.1) is 6.92 Å². The number of hydrogen-bond acceptors (Lipinski definition) is 6. The van der Waals surface area contributed by atoms with Crippen molar-refractivity contribution in [2.75, 3.05) is 26.2 Å². The van der Waals surface area contributed by atoms with E-state index < -0.39 is 0 Å². The van der Waals surface area contributed by atoms with Crippen molar-refractivity contribution in [1.82, 2.24) is 20.2 Å². The van der Waals surface area contributed by atoms with Crippen LogP contribution in [0.4, 0.5) is 0 Å². The predicted molar refractivity (Wildman–Crippen MR) is 110 cm³/mol. The molecule has 1 fully saturated rings. The van der Waals surface area contributed by atoms with Crippen LogP contribution in [-0.4, -0.2) is 53.1 Å². The predicted octanol–water partition coefficient (Wildman–Crippen LogP) is 3.01. The number of amides is 1. The number of aromatic nitrogens is 2. The number of nitrogens with one attached hydrogen (secondary N) is 1. The Morgan fingerprint density at radius 1 is 1.32 bits per heavy atom. The van der Waals surface area contributed by atoms with Gasteiger partial charge in [0.15, 0.2) is 0 Å². The maximum Gasteiger partial charge on any atom is 0.273 e. The SMILES string of the molecule is Cc1ccc(-c2nc(C(=O)N3CCNCC3COc3cccnc3)cs2)cc1. The van der Waals surface area contributed by atoms with Crippen LogP contribution in [0.1, 0.15) is 16.1 Å². The van der Waals surface area contributed by atoms with E-state index in [0.717, 1.165) is 17.1 Å². The van der Waals surface area contributed by atoms with Gasteiger partial charge in [0, 0.05) is 36.8 Å². The molecule has 1 aliphatic rings. The zero-order valence-electron chi connectivity index (χ0n) is 15.7. The summed E-state index contributed by atoms with van der Waals surface area (Å²) in [5.74, 6) is 0.659. The van der Waals surface area contributed by atoms with E-state index in [-0.39, 0.29) is 11.9 Å². The summed E-state index contributed by atoms with van der Waals surface area (Å²) in [5, 5.41) is 6.04. The van der Waals surface area contributed by atoms with Crippen LogP contribution < -0.4 is 10.1 Å². The van der Waals surface area contributed by atoms with Gasteiger partial charge >= 0.3 is 0 Å². The highest BCUT2D eigenvalue weighted by Crippen LogP contribution is 2.25. The number of nitrogens with zero attached hydrogens (tertiary/aromatic N) is 3. The third-order valence-corrected chi connectivity index (χ3v) is 5.60. The molecule has 28 heavy (non-hydrogen) atoms. The van der Waals surface area contributed by atoms with Gasteiger partial charge in [0.1, 0.15) is 23.1 Å². The van der Waals surface area contributed by atoms with Crippen LogP contribution in [0.5, 0.6) is 5.75 Å². The van der Waals surface area contributed by atoms with Crippen molar-refractivity contribution in [2.24, 2.45) is 0 Å². The smallest absolute Gasteiger partial charge is 0.273 e. The normalized spacial score (nSPS) is 16.8. The molecule has 0 saturated carbocycles. The second-order valence-electron chi connectivity index (χ2n) is 6.76. The van der Waals surface area contributed by atoms with Crippen molar-refractivity contribution in [3.63, 3.8) is 0 Å². The first-order chi connectivity index (χ1) is 13.7. The fraction of sp³-hybridized carbons (Fsp3) is 0.286. The van der Waals surface area contributed by atoms with Crippen LogP contribution in [0.3, 0.4) is 0 Å². The number of aryl methyl sites for hydroxylation is 1. The first-order valence-electron chi connectivity index (χ1n) is 9.28. The number of ether oxygens (including phenoxy) is 1. The third kappa shape index (κ3) is 4.21. The number of pyridine rings is 1. The zero-order chi connectivity index (χ0) is 19.3. The Bertz CT molecular complexity index is 927. The quantitative estimate of drug-likeness (QED) is 0.721. The molecule has 144 valence electrons. The van der Waals surface area contributed by atoms with Crippen molar-refractivity contribution < 1.29 is 9.53 Å². The molecule has 1 amide bonds. The van der Waals surface area contributed by atoms with Crippen LogP contribution in [-0.2, 0) is 0 Å². The number of hydrogen-bond donors (Lipinski definition) is 1. The fourth-order valence-corrected chi connectivity index (χ4v) is 3.95. The van der Waals surface area contributed by atoms with Crippen molar-refractivity contribution in [2.45, 2.75) is 13.0 Å². The van der Waals surface area contributed by atoms with Crippen molar-refractivity contribution in [3.05, 3.63) is 65.4 Å². The average molecular weight is 395 g/mol. The first-order valence-corrected chi connectivity index (χ1v) is 10.2. The molecule has 1 N–H and O–H groups in total. The van der Waals surface area contributed by atoms with Gasteiger partial charge in [0.25, 0.3) is 5.91 Å². The topological polar surface area (TPSA) is 67.4 Å². The summed E-state index contributed by atoms with van der Waals surface area (Å²) in [6, 6.07) is 11.8. The second-order valence-corrected chi connectivity index (χ2v) is 7.62.